The van der Waals surface area contributed by atoms with Crippen molar-refractivity contribution in [3.05, 3.63) is 26.7 Å². The smallest absolute Gasteiger partial charge is 0.330 e. The summed E-state index contributed by atoms with van der Waals surface area (Å²) in [6.45, 7) is 6.79. The average Bonchev–Trinajstić information content (AvgIpc) is 2.74. The van der Waals surface area contributed by atoms with Gasteiger partial charge in [0.15, 0.2) is 5.65 Å². The number of hydrogen-bond donors (Lipinski definition) is 2. The number of rotatable bonds is 6. The van der Waals surface area contributed by atoms with Crippen molar-refractivity contribution in [3.8, 4) is 0 Å². The Hall–Kier alpha value is -1.85. The zero-order valence-electron chi connectivity index (χ0n) is 12.3. The van der Waals surface area contributed by atoms with Gasteiger partial charge in [0.05, 0.1) is 0 Å². The highest BCUT2D eigenvalue weighted by molar-refractivity contribution is 5.69. The first kappa shape index (κ1) is 14.6. The van der Waals surface area contributed by atoms with Crippen LogP contribution in [0.1, 0.15) is 45.4 Å². The summed E-state index contributed by atoms with van der Waals surface area (Å²) in [4.78, 5) is 33.0. The number of nitrogens with one attached hydrogen (secondary N) is 2. The molecule has 6 nitrogen and oxygen atoms in total. The summed E-state index contributed by atoms with van der Waals surface area (Å²) in [5.41, 5.74) is 0.0592. The molecule has 2 aromatic heterocycles. The fourth-order valence-electron chi connectivity index (χ4n) is 2.36. The van der Waals surface area contributed by atoms with Gasteiger partial charge in [0, 0.05) is 6.54 Å². The molecule has 0 aliphatic carbocycles. The van der Waals surface area contributed by atoms with Crippen molar-refractivity contribution in [2.75, 3.05) is 0 Å². The molecule has 0 saturated carbocycles. The predicted octanol–water partition coefficient (Wildman–Crippen LogP) is 1.94. The molecule has 6 heteroatoms. The minimum atomic E-state index is -0.401. The maximum atomic E-state index is 11.9. The summed E-state index contributed by atoms with van der Waals surface area (Å²) in [6, 6.07) is 0. The summed E-state index contributed by atoms with van der Waals surface area (Å²) in [6.07, 6.45) is 4.37. The number of imidazole rings is 1. The molecule has 0 atom stereocenters. The van der Waals surface area contributed by atoms with Crippen LogP contribution in [0.25, 0.3) is 11.2 Å². The van der Waals surface area contributed by atoms with Gasteiger partial charge in [-0.3, -0.25) is 14.3 Å². The van der Waals surface area contributed by atoms with E-state index in [2.05, 4.69) is 28.8 Å². The van der Waals surface area contributed by atoms with Gasteiger partial charge in [0.25, 0.3) is 5.56 Å². The minimum absolute atomic E-state index is 0.377. The van der Waals surface area contributed by atoms with Crippen LogP contribution in [0.2, 0.25) is 0 Å². The van der Waals surface area contributed by atoms with E-state index in [1.807, 2.05) is 0 Å². The number of aromatic amines is 2. The highest BCUT2D eigenvalue weighted by Gasteiger charge is 2.10. The lowest BCUT2D eigenvalue weighted by atomic mass is 10.1. The molecule has 110 valence electrons. The normalized spacial score (nSPS) is 11.6. The molecule has 0 bridgehead atoms. The monoisotopic (exact) mass is 278 g/mol. The van der Waals surface area contributed by atoms with Crippen LogP contribution in [0.3, 0.4) is 0 Å². The average molecular weight is 278 g/mol. The topological polar surface area (TPSA) is 83.5 Å². The fourth-order valence-corrected chi connectivity index (χ4v) is 2.36. The van der Waals surface area contributed by atoms with Gasteiger partial charge >= 0.3 is 5.69 Å². The van der Waals surface area contributed by atoms with Crippen molar-refractivity contribution < 1.29 is 0 Å². The maximum Gasteiger partial charge on any atom is 0.330 e. The van der Waals surface area contributed by atoms with Crippen LogP contribution in [0.15, 0.2) is 9.59 Å². The number of fused-ring (bicyclic) bond motifs is 1. The maximum absolute atomic E-state index is 11.9. The Morgan fingerprint density at radius 3 is 2.60 bits per heavy atom. The molecule has 0 amide bonds. The molecule has 2 rings (SSSR count). The van der Waals surface area contributed by atoms with Gasteiger partial charge in [0.2, 0.25) is 0 Å². The lowest BCUT2D eigenvalue weighted by Gasteiger charge is -2.07. The predicted molar refractivity (Wildman–Crippen MR) is 79.0 cm³/mol. The number of unbranched alkanes of at least 4 members (excludes halogenated alkanes) is 2. The van der Waals surface area contributed by atoms with Crippen molar-refractivity contribution in [3.63, 3.8) is 0 Å². The van der Waals surface area contributed by atoms with E-state index in [1.165, 1.54) is 12.8 Å². The van der Waals surface area contributed by atoms with E-state index in [0.717, 1.165) is 12.8 Å². The van der Waals surface area contributed by atoms with Crippen LogP contribution in [-0.4, -0.2) is 19.5 Å². The quantitative estimate of drug-likeness (QED) is 0.792. The summed E-state index contributed by atoms with van der Waals surface area (Å²) in [5.74, 6) is 1.36. The van der Waals surface area contributed by atoms with E-state index >= 15 is 0 Å². The molecule has 2 heterocycles. The Bertz CT molecular complexity index is 693. The van der Waals surface area contributed by atoms with Crippen LogP contribution in [-0.2, 0) is 6.54 Å². The first-order chi connectivity index (χ1) is 9.49. The molecular formula is C14H22N4O2. The molecule has 0 aromatic carbocycles. The van der Waals surface area contributed by atoms with Crippen LogP contribution < -0.4 is 11.2 Å². The minimum Gasteiger partial charge on any atom is -0.336 e. The van der Waals surface area contributed by atoms with Crippen LogP contribution in [0, 0.1) is 12.8 Å². The molecule has 0 aliphatic rings. The zero-order chi connectivity index (χ0) is 14.7. The largest absolute Gasteiger partial charge is 0.336 e. The Morgan fingerprint density at radius 1 is 1.15 bits per heavy atom. The van der Waals surface area contributed by atoms with Gasteiger partial charge < -0.3 is 4.98 Å². The summed E-state index contributed by atoms with van der Waals surface area (Å²) in [5, 5.41) is 0. The lowest BCUT2D eigenvalue weighted by molar-refractivity contribution is 0.504. The second-order valence-electron chi connectivity index (χ2n) is 5.67. The van der Waals surface area contributed by atoms with Crippen molar-refractivity contribution in [2.24, 2.45) is 5.92 Å². The molecule has 0 aliphatic heterocycles. The standard InChI is InChI=1S/C14H22N4O2/c1-9(2)7-5-4-6-8-18-12-11(15-10(3)16-12)13(19)17-14(18)20/h9H,4-8H2,1-3H3,(H,15,16)(H,17,19,20). The Labute approximate surface area is 117 Å². The van der Waals surface area contributed by atoms with E-state index in [0.29, 0.717) is 29.5 Å². The van der Waals surface area contributed by atoms with E-state index in [1.54, 1.807) is 11.5 Å². The van der Waals surface area contributed by atoms with Crippen LogP contribution in [0.4, 0.5) is 0 Å². The third-order valence-electron chi connectivity index (χ3n) is 3.41. The zero-order valence-corrected chi connectivity index (χ0v) is 12.3. The molecule has 20 heavy (non-hydrogen) atoms. The van der Waals surface area contributed by atoms with Gasteiger partial charge in [0.1, 0.15) is 11.3 Å². The van der Waals surface area contributed by atoms with E-state index in [-0.39, 0.29) is 5.69 Å². The van der Waals surface area contributed by atoms with Crippen LogP contribution >= 0.6 is 0 Å². The van der Waals surface area contributed by atoms with Crippen molar-refractivity contribution in [1.29, 1.82) is 0 Å². The Balaban J connectivity index is 2.14. The third-order valence-corrected chi connectivity index (χ3v) is 3.41. The first-order valence-electron chi connectivity index (χ1n) is 7.18. The summed E-state index contributed by atoms with van der Waals surface area (Å²) in [7, 11) is 0. The second kappa shape index (κ2) is 6.07. The van der Waals surface area contributed by atoms with Crippen molar-refractivity contribution in [1.82, 2.24) is 19.5 Å². The SMILES string of the molecule is Cc1nc2c([nH]1)c(=O)[nH]c(=O)n2CCCCCC(C)C. The van der Waals surface area contributed by atoms with Gasteiger partial charge in [-0.1, -0.05) is 33.1 Å². The number of aromatic nitrogens is 4. The Morgan fingerprint density at radius 2 is 1.90 bits per heavy atom. The van der Waals surface area contributed by atoms with E-state index < -0.39 is 5.56 Å². The molecule has 0 unspecified atom stereocenters. The van der Waals surface area contributed by atoms with Gasteiger partial charge in [-0.15, -0.1) is 0 Å². The number of hydrogen-bond acceptors (Lipinski definition) is 3. The first-order valence-corrected chi connectivity index (χ1v) is 7.18. The van der Waals surface area contributed by atoms with Crippen LogP contribution in [0.5, 0.6) is 0 Å². The van der Waals surface area contributed by atoms with Gasteiger partial charge in [-0.2, -0.15) is 0 Å². The third kappa shape index (κ3) is 3.18. The van der Waals surface area contributed by atoms with E-state index in [4.69, 9.17) is 0 Å². The van der Waals surface area contributed by atoms with Crippen molar-refractivity contribution in [2.45, 2.75) is 53.0 Å². The number of nitrogens with zero attached hydrogens (tertiary/aromatic N) is 2. The molecule has 2 N–H and O–H groups in total. The molecular weight excluding hydrogens is 256 g/mol. The highest BCUT2D eigenvalue weighted by Crippen LogP contribution is 2.10. The number of aryl methyl sites for hydroxylation is 2. The fraction of sp³-hybridized carbons (Fsp3) is 0.643. The summed E-state index contributed by atoms with van der Waals surface area (Å²) < 4.78 is 1.55. The van der Waals surface area contributed by atoms with Gasteiger partial charge in [-0.25, -0.2) is 9.78 Å². The Kier molecular flexibility index (Phi) is 4.42. The molecule has 0 saturated heterocycles. The van der Waals surface area contributed by atoms with Crippen molar-refractivity contribution >= 4 is 11.2 Å². The summed E-state index contributed by atoms with van der Waals surface area (Å²) >= 11 is 0. The molecule has 0 radical (unpaired) electrons. The molecule has 0 fully saturated rings. The van der Waals surface area contributed by atoms with E-state index in [9.17, 15) is 9.59 Å². The lowest BCUT2D eigenvalue weighted by Crippen LogP contribution is -2.30. The number of H-pyrrole nitrogens is 2. The molecule has 2 aromatic rings. The second-order valence-corrected chi connectivity index (χ2v) is 5.67. The molecule has 0 spiro atoms. The van der Waals surface area contributed by atoms with Gasteiger partial charge in [-0.05, 0) is 19.3 Å². The highest BCUT2D eigenvalue weighted by atomic mass is 16.2.